The lowest BCUT2D eigenvalue weighted by Gasteiger charge is -2.63. The number of hydrogen-bond donors (Lipinski definition) is 3. The van der Waals surface area contributed by atoms with Crippen molar-refractivity contribution in [2.24, 2.45) is 34.5 Å². The number of aliphatic hydroxyl groups excluding tert-OH is 2. The van der Waals surface area contributed by atoms with Gasteiger partial charge in [-0.05, 0) is 61.2 Å². The molecule has 4 nitrogen and oxygen atoms in total. The zero-order valence-electron chi connectivity index (χ0n) is 15.4. The van der Waals surface area contributed by atoms with Crippen molar-refractivity contribution in [3.8, 4) is 0 Å². The minimum absolute atomic E-state index is 0.0239. The maximum Gasteiger partial charge on any atom is 0.165 e. The van der Waals surface area contributed by atoms with Crippen LogP contribution >= 0.6 is 0 Å². The van der Waals surface area contributed by atoms with Crippen molar-refractivity contribution in [2.45, 2.75) is 76.6 Å². The maximum absolute atomic E-state index is 13.0. The number of aliphatic hydroxyl groups is 3. The van der Waals surface area contributed by atoms with Crippen LogP contribution in [0, 0.1) is 34.5 Å². The Kier molecular flexibility index (Phi) is 3.82. The van der Waals surface area contributed by atoms with Crippen LogP contribution in [0.15, 0.2) is 12.7 Å². The Bertz CT molecular complexity index is 603. The molecular formula is C21H32O4. The van der Waals surface area contributed by atoms with E-state index in [9.17, 15) is 20.1 Å². The van der Waals surface area contributed by atoms with Gasteiger partial charge in [0, 0.05) is 18.3 Å². The van der Waals surface area contributed by atoms with Gasteiger partial charge in [-0.1, -0.05) is 19.9 Å². The maximum atomic E-state index is 13.0. The quantitative estimate of drug-likeness (QED) is 0.636. The van der Waals surface area contributed by atoms with Gasteiger partial charge in [0.25, 0.3) is 0 Å². The first-order chi connectivity index (χ1) is 11.7. The summed E-state index contributed by atoms with van der Waals surface area (Å²) in [7, 11) is 0. The summed E-state index contributed by atoms with van der Waals surface area (Å²) in [5.41, 5.74) is -1.92. The average molecular weight is 348 g/mol. The van der Waals surface area contributed by atoms with Crippen LogP contribution < -0.4 is 0 Å². The van der Waals surface area contributed by atoms with Gasteiger partial charge in [0.05, 0.1) is 12.2 Å². The monoisotopic (exact) mass is 348 g/mol. The molecule has 140 valence electrons. The lowest BCUT2D eigenvalue weighted by molar-refractivity contribution is -0.229. The first-order valence-electron chi connectivity index (χ1n) is 9.92. The van der Waals surface area contributed by atoms with E-state index in [0.717, 1.165) is 25.7 Å². The molecule has 9 atom stereocenters. The van der Waals surface area contributed by atoms with E-state index in [4.69, 9.17) is 0 Å². The molecule has 3 N–H and O–H groups in total. The molecule has 4 aliphatic rings. The number of allylic oxidation sites excluding steroid dienone is 1. The summed E-state index contributed by atoms with van der Waals surface area (Å²) in [5.74, 6) is 1.40. The molecule has 0 radical (unpaired) electrons. The smallest absolute Gasteiger partial charge is 0.165 e. The van der Waals surface area contributed by atoms with E-state index < -0.39 is 23.2 Å². The van der Waals surface area contributed by atoms with Crippen LogP contribution in [-0.2, 0) is 4.79 Å². The highest BCUT2D eigenvalue weighted by molar-refractivity contribution is 5.89. The van der Waals surface area contributed by atoms with E-state index in [0.29, 0.717) is 24.7 Å². The molecule has 4 fully saturated rings. The molecule has 0 bridgehead atoms. The van der Waals surface area contributed by atoms with Crippen molar-refractivity contribution in [1.29, 1.82) is 0 Å². The molecule has 4 rings (SSSR count). The first kappa shape index (κ1) is 17.7. The Balaban J connectivity index is 1.73. The molecule has 4 heteroatoms. The summed E-state index contributed by atoms with van der Waals surface area (Å²) in [6.07, 6.45) is 5.29. The highest BCUT2D eigenvalue weighted by atomic mass is 16.3. The molecule has 4 saturated carbocycles. The number of Topliss-reactive ketones (excluding diaryl/α,β-unsaturated/α-hetero) is 1. The summed E-state index contributed by atoms with van der Waals surface area (Å²) in [6.45, 7) is 8.39. The molecule has 0 aromatic rings. The minimum atomic E-state index is -1.49. The van der Waals surface area contributed by atoms with Gasteiger partial charge in [-0.2, -0.15) is 0 Å². The second-order valence-electron chi connectivity index (χ2n) is 9.79. The predicted octanol–water partition coefficient (Wildman–Crippen LogP) is 2.46. The van der Waals surface area contributed by atoms with Gasteiger partial charge in [0.15, 0.2) is 5.78 Å². The third-order valence-corrected chi connectivity index (χ3v) is 9.02. The first-order valence-corrected chi connectivity index (χ1v) is 9.92. The Hall–Kier alpha value is -0.710. The van der Waals surface area contributed by atoms with Crippen molar-refractivity contribution < 1.29 is 20.1 Å². The summed E-state index contributed by atoms with van der Waals surface area (Å²) >= 11 is 0. The van der Waals surface area contributed by atoms with Crippen LogP contribution in [0.3, 0.4) is 0 Å². The second-order valence-corrected chi connectivity index (χ2v) is 9.79. The van der Waals surface area contributed by atoms with E-state index in [-0.39, 0.29) is 29.5 Å². The van der Waals surface area contributed by atoms with Crippen LogP contribution in [0.2, 0.25) is 0 Å². The number of rotatable bonds is 1. The zero-order chi connectivity index (χ0) is 18.2. The number of hydrogen-bond acceptors (Lipinski definition) is 4. The van der Waals surface area contributed by atoms with Crippen LogP contribution in [0.4, 0.5) is 0 Å². The Morgan fingerprint density at radius 1 is 1.08 bits per heavy atom. The number of fused-ring (bicyclic) bond motifs is 5. The fraction of sp³-hybridized carbons (Fsp3) is 0.857. The van der Waals surface area contributed by atoms with Crippen LogP contribution in [0.5, 0.6) is 0 Å². The lowest BCUT2D eigenvalue weighted by Crippen LogP contribution is -2.69. The molecule has 0 saturated heterocycles. The standard InChI is InChI=1S/C21H32O4/c1-4-12-5-6-14-13-9-18(24)21(25)11-17(23)16(22)10-20(21,3)15(13)7-8-19(12,14)2/h4,12-17,22-23,25H,1,5-11H2,2-3H3/t12-,13-,14-,15-,16?,17?,19+,20+,21?/m0/s1. The van der Waals surface area contributed by atoms with Gasteiger partial charge in [-0.25, -0.2) is 0 Å². The molecule has 0 heterocycles. The largest absolute Gasteiger partial charge is 0.390 e. The normalized spacial score (nSPS) is 58.2. The summed E-state index contributed by atoms with van der Waals surface area (Å²) in [4.78, 5) is 13.0. The number of carbonyl (C=O) groups is 1. The molecule has 25 heavy (non-hydrogen) atoms. The van der Waals surface area contributed by atoms with Gasteiger partial charge < -0.3 is 15.3 Å². The molecule has 0 aromatic carbocycles. The third kappa shape index (κ3) is 2.08. The summed E-state index contributed by atoms with van der Waals surface area (Å²) in [5, 5.41) is 31.7. The van der Waals surface area contributed by atoms with Gasteiger partial charge >= 0.3 is 0 Å². The number of carbonyl (C=O) groups excluding carboxylic acids is 1. The van der Waals surface area contributed by atoms with E-state index in [2.05, 4.69) is 19.6 Å². The van der Waals surface area contributed by atoms with E-state index in [1.165, 1.54) is 0 Å². The molecule has 0 aromatic heterocycles. The van der Waals surface area contributed by atoms with Crippen molar-refractivity contribution in [2.75, 3.05) is 0 Å². The Morgan fingerprint density at radius 2 is 1.76 bits per heavy atom. The van der Waals surface area contributed by atoms with Gasteiger partial charge in [-0.15, -0.1) is 6.58 Å². The minimum Gasteiger partial charge on any atom is -0.390 e. The zero-order valence-corrected chi connectivity index (χ0v) is 15.4. The van der Waals surface area contributed by atoms with Crippen LogP contribution in [-0.4, -0.2) is 38.9 Å². The fourth-order valence-corrected chi connectivity index (χ4v) is 7.48. The van der Waals surface area contributed by atoms with Crippen molar-refractivity contribution in [3.05, 3.63) is 12.7 Å². The van der Waals surface area contributed by atoms with Crippen LogP contribution in [0.1, 0.15) is 58.8 Å². The second kappa shape index (κ2) is 5.40. The highest BCUT2D eigenvalue weighted by Crippen LogP contribution is 2.67. The van der Waals surface area contributed by atoms with Gasteiger partial charge in [0.1, 0.15) is 5.60 Å². The lowest BCUT2D eigenvalue weighted by atomic mass is 9.42. The van der Waals surface area contributed by atoms with E-state index >= 15 is 0 Å². The molecule has 3 unspecified atom stereocenters. The fourth-order valence-electron chi connectivity index (χ4n) is 7.48. The molecule has 0 aliphatic heterocycles. The molecule has 0 spiro atoms. The summed E-state index contributed by atoms with van der Waals surface area (Å²) < 4.78 is 0. The third-order valence-electron chi connectivity index (χ3n) is 9.02. The average Bonchev–Trinajstić information content (AvgIpc) is 2.89. The van der Waals surface area contributed by atoms with Crippen molar-refractivity contribution in [3.63, 3.8) is 0 Å². The molecule has 4 aliphatic carbocycles. The van der Waals surface area contributed by atoms with Gasteiger partial charge in [-0.3, -0.25) is 4.79 Å². The molecular weight excluding hydrogens is 316 g/mol. The number of ketones is 1. The Morgan fingerprint density at radius 3 is 2.44 bits per heavy atom. The van der Waals surface area contributed by atoms with E-state index in [1.807, 2.05) is 6.92 Å². The van der Waals surface area contributed by atoms with Crippen molar-refractivity contribution >= 4 is 5.78 Å². The highest BCUT2D eigenvalue weighted by Gasteiger charge is 2.68. The molecule has 0 amide bonds. The van der Waals surface area contributed by atoms with Crippen LogP contribution in [0.25, 0.3) is 0 Å². The topological polar surface area (TPSA) is 77.8 Å². The summed E-state index contributed by atoms with van der Waals surface area (Å²) in [6, 6.07) is 0. The van der Waals surface area contributed by atoms with Gasteiger partial charge in [0.2, 0.25) is 0 Å². The SMILES string of the molecule is C=C[C@H]1CC[C@H]2[C@@H]3CC(=O)C4(O)CC(O)C(O)C[C@]4(C)[C@H]3CC[C@]12C. The van der Waals surface area contributed by atoms with Crippen molar-refractivity contribution in [1.82, 2.24) is 0 Å². The van der Waals surface area contributed by atoms with E-state index in [1.54, 1.807) is 0 Å². The Labute approximate surface area is 150 Å². The predicted molar refractivity (Wildman–Crippen MR) is 94.7 cm³/mol.